The SMILES string of the molecule is C[C@H](Oc1ccc(Cl)cc1)C(=O)Nc1cccc2ccccc12. The molecule has 0 unspecified atom stereocenters. The van der Waals surface area contributed by atoms with Gasteiger partial charge in [-0.05, 0) is 42.6 Å². The number of carbonyl (C=O) groups is 1. The Morgan fingerprint density at radius 2 is 1.70 bits per heavy atom. The van der Waals surface area contributed by atoms with Crippen LogP contribution >= 0.6 is 11.6 Å². The second-order valence-electron chi connectivity index (χ2n) is 5.23. The Hall–Kier alpha value is -2.52. The molecule has 0 spiro atoms. The van der Waals surface area contributed by atoms with Crippen molar-refractivity contribution in [2.45, 2.75) is 13.0 Å². The van der Waals surface area contributed by atoms with Crippen LogP contribution in [0.3, 0.4) is 0 Å². The van der Waals surface area contributed by atoms with Gasteiger partial charge in [0.15, 0.2) is 6.10 Å². The van der Waals surface area contributed by atoms with Gasteiger partial charge in [-0.25, -0.2) is 0 Å². The summed E-state index contributed by atoms with van der Waals surface area (Å²) in [4.78, 5) is 12.4. The fourth-order valence-electron chi connectivity index (χ4n) is 2.34. The van der Waals surface area contributed by atoms with Crippen LogP contribution in [0.4, 0.5) is 5.69 Å². The molecule has 0 aliphatic rings. The van der Waals surface area contributed by atoms with E-state index >= 15 is 0 Å². The first-order valence-corrected chi connectivity index (χ1v) is 7.72. The molecular weight excluding hydrogens is 310 g/mol. The van der Waals surface area contributed by atoms with Gasteiger partial charge in [-0.15, -0.1) is 0 Å². The zero-order valence-electron chi connectivity index (χ0n) is 12.6. The van der Waals surface area contributed by atoms with Crippen LogP contribution < -0.4 is 10.1 Å². The minimum absolute atomic E-state index is 0.198. The largest absolute Gasteiger partial charge is 0.481 e. The average Bonchev–Trinajstić information content (AvgIpc) is 2.57. The number of hydrogen-bond donors (Lipinski definition) is 1. The summed E-state index contributed by atoms with van der Waals surface area (Å²) in [5, 5.41) is 5.64. The maximum Gasteiger partial charge on any atom is 0.265 e. The predicted molar refractivity (Wildman–Crippen MR) is 94.1 cm³/mol. The molecule has 3 aromatic rings. The highest BCUT2D eigenvalue weighted by molar-refractivity contribution is 6.30. The lowest BCUT2D eigenvalue weighted by molar-refractivity contribution is -0.122. The molecule has 0 radical (unpaired) electrons. The van der Waals surface area contributed by atoms with Crippen LogP contribution in [0.25, 0.3) is 10.8 Å². The van der Waals surface area contributed by atoms with Gasteiger partial charge in [0.2, 0.25) is 0 Å². The third-order valence-corrected chi connectivity index (χ3v) is 3.80. The Morgan fingerprint density at radius 1 is 1.00 bits per heavy atom. The molecule has 0 bridgehead atoms. The van der Waals surface area contributed by atoms with Crippen LogP contribution in [0.2, 0.25) is 5.02 Å². The highest BCUT2D eigenvalue weighted by Crippen LogP contribution is 2.23. The van der Waals surface area contributed by atoms with Crippen molar-refractivity contribution in [3.63, 3.8) is 0 Å². The molecule has 23 heavy (non-hydrogen) atoms. The van der Waals surface area contributed by atoms with E-state index in [9.17, 15) is 4.79 Å². The van der Waals surface area contributed by atoms with Crippen molar-refractivity contribution in [1.29, 1.82) is 0 Å². The first-order chi connectivity index (χ1) is 11.1. The van der Waals surface area contributed by atoms with E-state index in [4.69, 9.17) is 16.3 Å². The molecular formula is C19H16ClNO2. The third kappa shape index (κ3) is 3.63. The number of benzene rings is 3. The molecule has 3 nitrogen and oxygen atoms in total. The quantitative estimate of drug-likeness (QED) is 0.741. The maximum atomic E-state index is 12.4. The van der Waals surface area contributed by atoms with Crippen molar-refractivity contribution in [1.82, 2.24) is 0 Å². The topological polar surface area (TPSA) is 38.3 Å². The van der Waals surface area contributed by atoms with Gasteiger partial charge in [-0.3, -0.25) is 4.79 Å². The van der Waals surface area contributed by atoms with Crippen molar-refractivity contribution in [3.8, 4) is 5.75 Å². The van der Waals surface area contributed by atoms with E-state index in [0.717, 1.165) is 16.5 Å². The highest BCUT2D eigenvalue weighted by Gasteiger charge is 2.15. The lowest BCUT2D eigenvalue weighted by atomic mass is 10.1. The molecule has 0 heterocycles. The average molecular weight is 326 g/mol. The van der Waals surface area contributed by atoms with Crippen LogP contribution in [0.15, 0.2) is 66.7 Å². The van der Waals surface area contributed by atoms with Crippen molar-refractivity contribution < 1.29 is 9.53 Å². The summed E-state index contributed by atoms with van der Waals surface area (Å²) in [6, 6.07) is 20.7. The Balaban J connectivity index is 1.74. The standard InChI is InChI=1S/C19H16ClNO2/c1-13(23-16-11-9-15(20)10-12-16)19(22)21-18-8-4-6-14-5-2-3-7-17(14)18/h2-13H,1H3,(H,21,22)/t13-/m0/s1. The summed E-state index contributed by atoms with van der Waals surface area (Å²) < 4.78 is 5.64. The molecule has 116 valence electrons. The molecule has 1 N–H and O–H groups in total. The smallest absolute Gasteiger partial charge is 0.265 e. The van der Waals surface area contributed by atoms with Gasteiger partial charge in [-0.1, -0.05) is 48.0 Å². The minimum atomic E-state index is -0.616. The summed E-state index contributed by atoms with van der Waals surface area (Å²) in [5.74, 6) is 0.409. The summed E-state index contributed by atoms with van der Waals surface area (Å²) in [6.07, 6.45) is -0.616. The number of halogens is 1. The molecule has 0 aromatic heterocycles. The van der Waals surface area contributed by atoms with Crippen molar-refractivity contribution >= 4 is 34.0 Å². The molecule has 3 aromatic carbocycles. The Labute approximate surface area is 139 Å². The summed E-state index contributed by atoms with van der Waals surface area (Å²) in [6.45, 7) is 1.72. The molecule has 0 aliphatic carbocycles. The van der Waals surface area contributed by atoms with Crippen molar-refractivity contribution in [3.05, 3.63) is 71.8 Å². The number of carbonyl (C=O) groups excluding carboxylic acids is 1. The monoisotopic (exact) mass is 325 g/mol. The van der Waals surface area contributed by atoms with E-state index in [2.05, 4.69) is 5.32 Å². The van der Waals surface area contributed by atoms with Gasteiger partial charge in [0.1, 0.15) is 5.75 Å². The maximum absolute atomic E-state index is 12.4. The van der Waals surface area contributed by atoms with Crippen molar-refractivity contribution in [2.24, 2.45) is 0 Å². The molecule has 0 fully saturated rings. The zero-order valence-corrected chi connectivity index (χ0v) is 13.4. The minimum Gasteiger partial charge on any atom is -0.481 e. The van der Waals surface area contributed by atoms with Crippen LogP contribution in [0, 0.1) is 0 Å². The molecule has 0 aliphatic heterocycles. The summed E-state index contributed by atoms with van der Waals surface area (Å²) in [5.41, 5.74) is 0.777. The second kappa shape index (κ2) is 6.71. The zero-order chi connectivity index (χ0) is 16.2. The Kier molecular flexibility index (Phi) is 4.49. The predicted octanol–water partition coefficient (Wildman–Crippen LogP) is 4.90. The second-order valence-corrected chi connectivity index (χ2v) is 5.67. The van der Waals surface area contributed by atoms with E-state index < -0.39 is 6.10 Å². The fraction of sp³-hybridized carbons (Fsp3) is 0.105. The molecule has 1 atom stereocenters. The molecule has 0 saturated carbocycles. The number of ether oxygens (including phenoxy) is 1. The van der Waals surface area contributed by atoms with Gasteiger partial charge >= 0.3 is 0 Å². The van der Waals surface area contributed by atoms with Crippen LogP contribution in [0.5, 0.6) is 5.75 Å². The number of rotatable bonds is 4. The van der Waals surface area contributed by atoms with Gasteiger partial charge in [0.25, 0.3) is 5.91 Å². The van der Waals surface area contributed by atoms with Gasteiger partial charge in [0, 0.05) is 16.1 Å². The van der Waals surface area contributed by atoms with E-state index in [0.29, 0.717) is 10.8 Å². The number of nitrogens with one attached hydrogen (secondary N) is 1. The number of fused-ring (bicyclic) bond motifs is 1. The van der Waals surface area contributed by atoms with Crippen LogP contribution in [-0.4, -0.2) is 12.0 Å². The van der Waals surface area contributed by atoms with E-state index in [1.807, 2.05) is 42.5 Å². The van der Waals surface area contributed by atoms with Crippen LogP contribution in [0.1, 0.15) is 6.92 Å². The Morgan fingerprint density at radius 3 is 2.48 bits per heavy atom. The van der Waals surface area contributed by atoms with E-state index in [1.54, 1.807) is 31.2 Å². The van der Waals surface area contributed by atoms with Gasteiger partial charge < -0.3 is 10.1 Å². The van der Waals surface area contributed by atoms with Crippen LogP contribution in [-0.2, 0) is 4.79 Å². The van der Waals surface area contributed by atoms with Gasteiger partial charge in [0.05, 0.1) is 0 Å². The van der Waals surface area contributed by atoms with E-state index in [-0.39, 0.29) is 5.91 Å². The third-order valence-electron chi connectivity index (χ3n) is 3.54. The fourth-order valence-corrected chi connectivity index (χ4v) is 2.47. The summed E-state index contributed by atoms with van der Waals surface area (Å²) in [7, 11) is 0. The first-order valence-electron chi connectivity index (χ1n) is 7.34. The lowest BCUT2D eigenvalue weighted by Crippen LogP contribution is -2.30. The number of amides is 1. The molecule has 1 amide bonds. The number of anilines is 1. The Bertz CT molecular complexity index is 825. The van der Waals surface area contributed by atoms with Crippen molar-refractivity contribution in [2.75, 3.05) is 5.32 Å². The highest BCUT2D eigenvalue weighted by atomic mass is 35.5. The first kappa shape index (κ1) is 15.4. The summed E-state index contributed by atoms with van der Waals surface area (Å²) >= 11 is 5.84. The lowest BCUT2D eigenvalue weighted by Gasteiger charge is -2.15. The molecule has 4 heteroatoms. The van der Waals surface area contributed by atoms with E-state index in [1.165, 1.54) is 0 Å². The molecule has 3 rings (SSSR count). The normalized spacial score (nSPS) is 11.9. The number of hydrogen-bond acceptors (Lipinski definition) is 2. The van der Waals surface area contributed by atoms with Gasteiger partial charge in [-0.2, -0.15) is 0 Å². The molecule has 0 saturated heterocycles.